The molecule has 0 aliphatic rings. The number of benzene rings is 2. The van der Waals surface area contributed by atoms with E-state index in [9.17, 15) is 14.3 Å². The predicted molar refractivity (Wildman–Crippen MR) is 81.1 cm³/mol. The van der Waals surface area contributed by atoms with Crippen LogP contribution in [0.1, 0.15) is 0 Å². The van der Waals surface area contributed by atoms with Crippen molar-refractivity contribution in [1.82, 2.24) is 0 Å². The van der Waals surface area contributed by atoms with Crippen LogP contribution >= 0.6 is 0 Å². The Morgan fingerprint density at radius 2 is 1.91 bits per heavy atom. The Bertz CT molecular complexity index is 856. The van der Waals surface area contributed by atoms with Crippen LogP contribution < -0.4 is 10.4 Å². The lowest BCUT2D eigenvalue weighted by molar-refractivity contribution is 0.262. The number of ether oxygens (including phenoxy) is 1. The van der Waals surface area contributed by atoms with Gasteiger partial charge < -0.3 is 14.3 Å². The van der Waals surface area contributed by atoms with Crippen LogP contribution in [0.5, 0.6) is 11.5 Å². The Kier molecular flexibility index (Phi) is 3.78. The second-order valence-corrected chi connectivity index (χ2v) is 4.67. The van der Waals surface area contributed by atoms with Crippen LogP contribution in [-0.4, -0.2) is 18.4 Å². The maximum Gasteiger partial charge on any atom is 0.336 e. The molecule has 0 atom stereocenters. The van der Waals surface area contributed by atoms with Crippen LogP contribution in [-0.2, 0) is 0 Å². The summed E-state index contributed by atoms with van der Waals surface area (Å²) >= 11 is 0. The molecule has 0 fully saturated rings. The highest BCUT2D eigenvalue weighted by molar-refractivity contribution is 5.97. The third-order valence-corrected chi connectivity index (χ3v) is 3.25. The molecule has 112 valence electrons. The third-order valence-electron chi connectivity index (χ3n) is 3.25. The van der Waals surface area contributed by atoms with Gasteiger partial charge in [0.2, 0.25) is 5.75 Å². The van der Waals surface area contributed by atoms with Gasteiger partial charge in [-0.2, -0.15) is 0 Å². The normalized spacial score (nSPS) is 10.8. The molecule has 3 rings (SSSR count). The van der Waals surface area contributed by atoms with Gasteiger partial charge in [0, 0.05) is 11.5 Å². The highest BCUT2D eigenvalue weighted by Gasteiger charge is 2.15. The van der Waals surface area contributed by atoms with E-state index in [-0.39, 0.29) is 23.7 Å². The van der Waals surface area contributed by atoms with Gasteiger partial charge in [0.1, 0.15) is 13.3 Å². The Labute approximate surface area is 125 Å². The van der Waals surface area contributed by atoms with Gasteiger partial charge in [0.25, 0.3) is 0 Å². The zero-order valence-corrected chi connectivity index (χ0v) is 11.6. The van der Waals surface area contributed by atoms with Crippen LogP contribution in [0, 0.1) is 0 Å². The smallest absolute Gasteiger partial charge is 0.336 e. The number of fused-ring (bicyclic) bond motifs is 1. The lowest BCUT2D eigenvalue weighted by Crippen LogP contribution is -2.03. The molecule has 4 nitrogen and oxygen atoms in total. The minimum Gasteiger partial charge on any atom is -0.504 e. The van der Waals surface area contributed by atoms with Crippen molar-refractivity contribution >= 4 is 11.0 Å². The van der Waals surface area contributed by atoms with Crippen LogP contribution in [0.15, 0.2) is 57.7 Å². The van der Waals surface area contributed by atoms with Crippen LogP contribution in [0.4, 0.5) is 4.39 Å². The van der Waals surface area contributed by atoms with Crippen LogP contribution in [0.3, 0.4) is 0 Å². The summed E-state index contributed by atoms with van der Waals surface area (Å²) in [7, 11) is 0. The summed E-state index contributed by atoms with van der Waals surface area (Å²) in [4.78, 5) is 11.8. The average molecular weight is 300 g/mol. The summed E-state index contributed by atoms with van der Waals surface area (Å²) in [6.07, 6.45) is 0. The zero-order valence-electron chi connectivity index (χ0n) is 11.6. The second kappa shape index (κ2) is 5.89. The summed E-state index contributed by atoms with van der Waals surface area (Å²) in [5, 5.41) is 10.5. The summed E-state index contributed by atoms with van der Waals surface area (Å²) in [6.45, 7) is -0.940. The van der Waals surface area contributed by atoms with E-state index in [4.69, 9.17) is 9.15 Å². The fraction of sp³-hybridized carbons (Fsp3) is 0.118. The molecule has 0 saturated carbocycles. The molecule has 1 aromatic heterocycles. The molecule has 3 aromatic rings. The van der Waals surface area contributed by atoms with Gasteiger partial charge in [-0.25, -0.2) is 9.18 Å². The van der Waals surface area contributed by atoms with Gasteiger partial charge in [0.15, 0.2) is 11.3 Å². The first-order chi connectivity index (χ1) is 10.7. The number of aromatic hydroxyl groups is 1. The van der Waals surface area contributed by atoms with E-state index in [2.05, 4.69) is 0 Å². The van der Waals surface area contributed by atoms with Gasteiger partial charge >= 0.3 is 5.63 Å². The molecular weight excluding hydrogens is 287 g/mol. The SMILES string of the molecule is O=c1cc(-c2ccccc2)c2ccc(O)c(OCCF)c2o1. The van der Waals surface area contributed by atoms with Crippen molar-refractivity contribution in [3.63, 3.8) is 0 Å². The third kappa shape index (κ3) is 2.53. The molecule has 1 heterocycles. The number of phenolic OH excluding ortho intramolecular Hbond substituents is 1. The monoisotopic (exact) mass is 300 g/mol. The molecule has 5 heteroatoms. The highest BCUT2D eigenvalue weighted by Crippen LogP contribution is 2.38. The maximum atomic E-state index is 12.3. The van der Waals surface area contributed by atoms with Crippen molar-refractivity contribution in [1.29, 1.82) is 0 Å². The molecule has 0 bridgehead atoms. The Hall–Kier alpha value is -2.82. The fourth-order valence-electron chi connectivity index (χ4n) is 2.33. The minimum atomic E-state index is -0.710. The topological polar surface area (TPSA) is 59.7 Å². The Balaban J connectivity index is 2.29. The van der Waals surface area contributed by atoms with E-state index in [0.29, 0.717) is 10.9 Å². The van der Waals surface area contributed by atoms with E-state index in [1.165, 1.54) is 12.1 Å². The van der Waals surface area contributed by atoms with Gasteiger partial charge in [-0.1, -0.05) is 30.3 Å². The molecule has 0 aliphatic carbocycles. The number of rotatable bonds is 4. The van der Waals surface area contributed by atoms with Crippen molar-refractivity contribution in [2.45, 2.75) is 0 Å². The molecule has 0 amide bonds. The quantitative estimate of drug-likeness (QED) is 0.749. The first-order valence-corrected chi connectivity index (χ1v) is 6.74. The summed E-state index contributed by atoms with van der Waals surface area (Å²) < 4.78 is 22.7. The van der Waals surface area contributed by atoms with Crippen molar-refractivity contribution in [2.75, 3.05) is 13.3 Å². The van der Waals surface area contributed by atoms with Gasteiger partial charge in [-0.15, -0.1) is 0 Å². The number of alkyl halides is 1. The first-order valence-electron chi connectivity index (χ1n) is 6.74. The lowest BCUT2D eigenvalue weighted by Gasteiger charge is -2.11. The molecule has 0 aliphatic heterocycles. The average Bonchev–Trinajstić information content (AvgIpc) is 2.54. The molecule has 1 N–H and O–H groups in total. The van der Waals surface area contributed by atoms with Crippen molar-refractivity contribution < 1.29 is 18.7 Å². The lowest BCUT2D eigenvalue weighted by atomic mass is 10.0. The van der Waals surface area contributed by atoms with Crippen molar-refractivity contribution in [3.05, 3.63) is 59.0 Å². The Morgan fingerprint density at radius 1 is 1.14 bits per heavy atom. The molecular formula is C17H13FO4. The van der Waals surface area contributed by atoms with Crippen molar-refractivity contribution in [2.24, 2.45) is 0 Å². The first kappa shape index (κ1) is 14.1. The van der Waals surface area contributed by atoms with E-state index in [1.54, 1.807) is 6.07 Å². The number of hydrogen-bond acceptors (Lipinski definition) is 4. The molecule has 2 aromatic carbocycles. The molecule has 0 unspecified atom stereocenters. The zero-order chi connectivity index (χ0) is 15.5. The van der Waals surface area contributed by atoms with Crippen LogP contribution in [0.25, 0.3) is 22.1 Å². The minimum absolute atomic E-state index is 0.0231. The highest BCUT2D eigenvalue weighted by atomic mass is 19.1. The maximum absolute atomic E-state index is 12.3. The van der Waals surface area contributed by atoms with Gasteiger partial charge in [0.05, 0.1) is 0 Å². The van der Waals surface area contributed by atoms with Gasteiger partial charge in [-0.05, 0) is 23.3 Å². The summed E-state index contributed by atoms with van der Waals surface area (Å²) in [5.74, 6) is -0.223. The molecule has 22 heavy (non-hydrogen) atoms. The van der Waals surface area contributed by atoms with Gasteiger partial charge in [-0.3, -0.25) is 0 Å². The molecule has 0 radical (unpaired) electrons. The number of hydrogen-bond donors (Lipinski definition) is 1. The summed E-state index contributed by atoms with van der Waals surface area (Å²) in [6, 6.07) is 13.8. The van der Waals surface area contributed by atoms with E-state index < -0.39 is 12.3 Å². The number of halogens is 1. The summed E-state index contributed by atoms with van der Waals surface area (Å²) in [5.41, 5.74) is 1.04. The predicted octanol–water partition coefficient (Wildman–Crippen LogP) is 3.51. The molecule has 0 saturated heterocycles. The Morgan fingerprint density at radius 3 is 2.64 bits per heavy atom. The van der Waals surface area contributed by atoms with Crippen LogP contribution in [0.2, 0.25) is 0 Å². The van der Waals surface area contributed by atoms with E-state index in [0.717, 1.165) is 5.56 Å². The molecule has 0 spiro atoms. The second-order valence-electron chi connectivity index (χ2n) is 4.67. The van der Waals surface area contributed by atoms with E-state index >= 15 is 0 Å². The standard InChI is InChI=1S/C17H13FO4/c18-8-9-21-17-14(19)7-6-12-13(10-15(20)22-16(12)17)11-4-2-1-3-5-11/h1-7,10,19H,8-9H2. The van der Waals surface area contributed by atoms with E-state index in [1.807, 2.05) is 30.3 Å². The fourth-order valence-corrected chi connectivity index (χ4v) is 2.33. The van der Waals surface area contributed by atoms with Crippen molar-refractivity contribution in [3.8, 4) is 22.6 Å². The number of phenols is 1. The largest absolute Gasteiger partial charge is 0.504 e.